The maximum atomic E-state index is 12.5. The first kappa shape index (κ1) is 80.3. The highest BCUT2D eigenvalue weighted by Crippen LogP contribution is 2.19. The van der Waals surface area contributed by atoms with Crippen LogP contribution >= 0.6 is 0 Å². The van der Waals surface area contributed by atoms with Gasteiger partial charge in [-0.25, -0.2) is 0 Å². The number of allylic oxidation sites excluding steroid dienone is 3. The average molecular weight is 1160 g/mol. The highest BCUT2D eigenvalue weighted by molar-refractivity contribution is 5.76. The van der Waals surface area contributed by atoms with Crippen molar-refractivity contribution in [2.24, 2.45) is 0 Å². The molecule has 0 rings (SSSR count). The molecule has 0 fully saturated rings. The van der Waals surface area contributed by atoms with E-state index in [1.165, 1.54) is 360 Å². The number of unbranched alkanes of at least 4 members (excludes halogenated alkanes) is 58. The molecule has 6 heteroatoms. The molecule has 2 unspecified atom stereocenters. The molecule has 0 spiro atoms. The van der Waals surface area contributed by atoms with E-state index in [2.05, 4.69) is 31.3 Å². The largest absolute Gasteiger partial charge is 0.466 e. The molecular formula is C76H147NO5. The Morgan fingerprint density at radius 3 is 0.866 bits per heavy atom. The van der Waals surface area contributed by atoms with Gasteiger partial charge in [0.15, 0.2) is 0 Å². The van der Waals surface area contributed by atoms with Crippen molar-refractivity contribution in [3.63, 3.8) is 0 Å². The third kappa shape index (κ3) is 67.5. The summed E-state index contributed by atoms with van der Waals surface area (Å²) in [5.74, 6) is -0.0458. The van der Waals surface area contributed by atoms with Gasteiger partial charge in [-0.2, -0.15) is 0 Å². The van der Waals surface area contributed by atoms with Crippen LogP contribution in [-0.4, -0.2) is 47.4 Å². The molecule has 6 nitrogen and oxygen atoms in total. The van der Waals surface area contributed by atoms with Gasteiger partial charge in [-0.3, -0.25) is 9.59 Å². The van der Waals surface area contributed by atoms with Gasteiger partial charge < -0.3 is 20.3 Å². The second-order valence-electron chi connectivity index (χ2n) is 26.0. The van der Waals surface area contributed by atoms with Crippen LogP contribution in [0.15, 0.2) is 24.3 Å². The van der Waals surface area contributed by atoms with E-state index < -0.39 is 12.1 Å². The molecule has 0 bridgehead atoms. The lowest BCUT2D eigenvalue weighted by molar-refractivity contribution is -0.143. The molecule has 0 aliphatic carbocycles. The Morgan fingerprint density at radius 2 is 0.573 bits per heavy atom. The number of aliphatic hydroxyl groups excluding tert-OH is 2. The molecular weight excluding hydrogens is 1010 g/mol. The van der Waals surface area contributed by atoms with Gasteiger partial charge in [0, 0.05) is 12.8 Å². The predicted octanol–water partition coefficient (Wildman–Crippen LogP) is 24.5. The maximum Gasteiger partial charge on any atom is 0.305 e. The zero-order chi connectivity index (χ0) is 59.2. The first-order valence-corrected chi connectivity index (χ1v) is 37.6. The van der Waals surface area contributed by atoms with Crippen LogP contribution in [0.3, 0.4) is 0 Å². The van der Waals surface area contributed by atoms with Gasteiger partial charge in [0.2, 0.25) is 5.91 Å². The van der Waals surface area contributed by atoms with Gasteiger partial charge in [-0.15, -0.1) is 0 Å². The fourth-order valence-corrected chi connectivity index (χ4v) is 12.0. The highest BCUT2D eigenvalue weighted by Gasteiger charge is 2.18. The van der Waals surface area contributed by atoms with Crippen molar-refractivity contribution in [3.8, 4) is 0 Å². The number of nitrogens with one attached hydrogen (secondary N) is 1. The molecule has 0 aliphatic heterocycles. The summed E-state index contributed by atoms with van der Waals surface area (Å²) in [6, 6.07) is -0.629. The van der Waals surface area contributed by atoms with E-state index in [-0.39, 0.29) is 18.5 Å². The summed E-state index contributed by atoms with van der Waals surface area (Å²) in [5, 5.41) is 23.3. The van der Waals surface area contributed by atoms with Crippen molar-refractivity contribution in [2.75, 3.05) is 13.2 Å². The van der Waals surface area contributed by atoms with E-state index in [1.807, 2.05) is 6.08 Å². The fraction of sp³-hybridized carbons (Fsp3) is 0.921. The lowest BCUT2D eigenvalue weighted by Crippen LogP contribution is -2.45. The van der Waals surface area contributed by atoms with Gasteiger partial charge in [-0.1, -0.05) is 378 Å². The number of carbonyl (C=O) groups is 2. The van der Waals surface area contributed by atoms with Gasteiger partial charge >= 0.3 is 5.97 Å². The van der Waals surface area contributed by atoms with E-state index in [9.17, 15) is 19.8 Å². The van der Waals surface area contributed by atoms with Crippen molar-refractivity contribution in [1.29, 1.82) is 0 Å². The minimum Gasteiger partial charge on any atom is -0.466 e. The molecule has 0 aromatic rings. The standard InChI is InChI=1S/C76H147NO5/c1-3-5-7-9-11-13-15-17-18-19-20-21-22-27-30-33-36-39-42-45-48-52-56-60-64-68-74(79)73(72-78)77-75(80)69-65-61-57-53-49-46-43-40-37-34-31-28-25-23-24-26-29-32-35-38-41-44-47-51-55-59-63-67-71-82-76(81)70-66-62-58-54-50-16-14-12-10-8-6-4-2/h23-24,64,68,73-74,78-79H,3-22,25-63,65-67,69-72H2,1-2H3,(H,77,80)/b24-23-,68-64+. The molecule has 0 saturated heterocycles. The van der Waals surface area contributed by atoms with Crippen LogP contribution in [0.5, 0.6) is 0 Å². The van der Waals surface area contributed by atoms with E-state index in [0.29, 0.717) is 19.4 Å². The Bertz CT molecular complexity index is 1280. The number of rotatable bonds is 71. The Morgan fingerprint density at radius 1 is 0.329 bits per heavy atom. The normalized spacial score (nSPS) is 12.6. The molecule has 0 aliphatic rings. The van der Waals surface area contributed by atoms with E-state index in [0.717, 1.165) is 38.5 Å². The number of hydrogen-bond donors (Lipinski definition) is 3. The first-order chi connectivity index (χ1) is 40.5. The molecule has 82 heavy (non-hydrogen) atoms. The van der Waals surface area contributed by atoms with Gasteiger partial charge in [0.05, 0.1) is 25.4 Å². The van der Waals surface area contributed by atoms with Crippen molar-refractivity contribution in [3.05, 3.63) is 24.3 Å². The lowest BCUT2D eigenvalue weighted by atomic mass is 10.0. The Kier molecular flexibility index (Phi) is 70.4. The van der Waals surface area contributed by atoms with Crippen LogP contribution in [0.2, 0.25) is 0 Å². The number of amides is 1. The average Bonchev–Trinajstić information content (AvgIpc) is 3.48. The number of hydrogen-bond acceptors (Lipinski definition) is 5. The summed E-state index contributed by atoms with van der Waals surface area (Å²) in [4.78, 5) is 24.6. The summed E-state index contributed by atoms with van der Waals surface area (Å²) in [7, 11) is 0. The zero-order valence-electron chi connectivity index (χ0n) is 55.8. The van der Waals surface area contributed by atoms with Gasteiger partial charge in [0.1, 0.15) is 0 Å². The summed E-state index contributed by atoms with van der Waals surface area (Å²) in [6.07, 6.45) is 91.4. The predicted molar refractivity (Wildman–Crippen MR) is 361 cm³/mol. The molecule has 0 aromatic carbocycles. The summed E-state index contributed by atoms with van der Waals surface area (Å²) in [5.41, 5.74) is 0. The van der Waals surface area contributed by atoms with Crippen molar-refractivity contribution in [1.82, 2.24) is 5.32 Å². The summed E-state index contributed by atoms with van der Waals surface area (Å²) >= 11 is 0. The number of carbonyl (C=O) groups excluding carboxylic acids is 2. The maximum absolute atomic E-state index is 12.5. The minimum absolute atomic E-state index is 0.0170. The molecule has 0 heterocycles. The first-order valence-electron chi connectivity index (χ1n) is 37.6. The molecule has 3 N–H and O–H groups in total. The summed E-state index contributed by atoms with van der Waals surface area (Å²) < 4.78 is 5.48. The summed E-state index contributed by atoms with van der Waals surface area (Å²) in [6.45, 7) is 4.95. The zero-order valence-corrected chi connectivity index (χ0v) is 55.8. The van der Waals surface area contributed by atoms with Crippen LogP contribution in [0, 0.1) is 0 Å². The second kappa shape index (κ2) is 71.8. The van der Waals surface area contributed by atoms with E-state index in [1.54, 1.807) is 6.08 Å². The van der Waals surface area contributed by atoms with Crippen LogP contribution in [0.4, 0.5) is 0 Å². The van der Waals surface area contributed by atoms with Gasteiger partial charge in [-0.05, 0) is 57.8 Å². The number of ether oxygens (including phenoxy) is 1. The molecule has 1 amide bonds. The van der Waals surface area contributed by atoms with Crippen LogP contribution in [0.1, 0.15) is 425 Å². The van der Waals surface area contributed by atoms with E-state index >= 15 is 0 Å². The number of esters is 1. The Labute approximate surface area is 513 Å². The third-order valence-corrected chi connectivity index (χ3v) is 17.7. The van der Waals surface area contributed by atoms with Crippen molar-refractivity contribution in [2.45, 2.75) is 437 Å². The number of aliphatic hydroxyl groups is 2. The van der Waals surface area contributed by atoms with Gasteiger partial charge in [0.25, 0.3) is 0 Å². The van der Waals surface area contributed by atoms with E-state index in [4.69, 9.17) is 4.74 Å². The quantitative estimate of drug-likeness (QED) is 0.0320. The highest BCUT2D eigenvalue weighted by atomic mass is 16.5. The molecule has 2 atom stereocenters. The van der Waals surface area contributed by atoms with Crippen LogP contribution in [0.25, 0.3) is 0 Å². The Hall–Kier alpha value is -1.66. The van der Waals surface area contributed by atoms with Crippen molar-refractivity contribution < 1.29 is 24.5 Å². The SMILES string of the molecule is CCCCCCCCCCCCCCCCCCCCCCCCC/C=C/C(O)C(CO)NC(=O)CCCCCCCCCCCCCC/C=C\CCCCCCCCCCCCCCOC(=O)CCCCCCCCCCCCCC. The van der Waals surface area contributed by atoms with Crippen LogP contribution < -0.4 is 5.32 Å². The lowest BCUT2D eigenvalue weighted by Gasteiger charge is -2.20. The fourth-order valence-electron chi connectivity index (χ4n) is 12.0. The molecule has 0 saturated carbocycles. The van der Waals surface area contributed by atoms with Crippen molar-refractivity contribution >= 4 is 11.9 Å². The topological polar surface area (TPSA) is 95.9 Å². The minimum atomic E-state index is -0.846. The monoisotopic (exact) mass is 1150 g/mol. The molecule has 0 radical (unpaired) electrons. The molecule has 486 valence electrons. The molecule has 0 aromatic heterocycles. The smallest absolute Gasteiger partial charge is 0.305 e. The Balaban J connectivity index is 3.40. The second-order valence-corrected chi connectivity index (χ2v) is 26.0. The van der Waals surface area contributed by atoms with Crippen LogP contribution in [-0.2, 0) is 14.3 Å². The third-order valence-electron chi connectivity index (χ3n) is 17.7.